The molecular formula is C53H42N2. The lowest BCUT2D eigenvalue weighted by atomic mass is 9.79. The largest absolute Gasteiger partial charge is 0.343 e. The lowest BCUT2D eigenvalue weighted by Crippen LogP contribution is -2.16. The molecule has 2 heteroatoms. The molecule has 2 nitrogen and oxygen atoms in total. The number of fused-ring (bicyclic) bond motifs is 8. The van der Waals surface area contributed by atoms with Crippen LogP contribution >= 0.6 is 0 Å². The summed E-state index contributed by atoms with van der Waals surface area (Å²) in [5.41, 5.74) is 22.3. The number of benzene rings is 7. The van der Waals surface area contributed by atoms with Crippen molar-refractivity contribution < 1.29 is 0 Å². The first-order valence-electron chi connectivity index (χ1n) is 19.7. The molecule has 8 aromatic rings. The van der Waals surface area contributed by atoms with Crippen molar-refractivity contribution in [1.29, 1.82) is 0 Å². The van der Waals surface area contributed by atoms with Crippen molar-refractivity contribution in [1.82, 2.24) is 4.57 Å². The van der Waals surface area contributed by atoms with Gasteiger partial charge >= 0.3 is 0 Å². The van der Waals surface area contributed by atoms with E-state index in [1.165, 1.54) is 94.3 Å². The third-order valence-electron chi connectivity index (χ3n) is 12.7. The van der Waals surface area contributed by atoms with Crippen molar-refractivity contribution in [3.05, 3.63) is 192 Å². The maximum absolute atomic E-state index is 2.49. The fourth-order valence-corrected chi connectivity index (χ4v) is 9.99. The van der Waals surface area contributed by atoms with Gasteiger partial charge in [0.1, 0.15) is 0 Å². The number of aryl methyl sites for hydroxylation is 1. The van der Waals surface area contributed by atoms with Gasteiger partial charge in [0.25, 0.3) is 0 Å². The molecule has 0 amide bonds. The molecule has 0 N–H and O–H groups in total. The monoisotopic (exact) mass is 706 g/mol. The number of anilines is 3. The molecule has 11 rings (SSSR count). The van der Waals surface area contributed by atoms with Gasteiger partial charge in [-0.25, -0.2) is 0 Å². The highest BCUT2D eigenvalue weighted by atomic mass is 15.1. The molecule has 0 saturated carbocycles. The number of nitrogens with zero attached hydrogens (tertiary/aromatic N) is 2. The van der Waals surface area contributed by atoms with Gasteiger partial charge in [0.2, 0.25) is 0 Å². The minimum Gasteiger partial charge on any atom is -0.343 e. The standard InChI is InChI=1S/C53H42N2/c1-53(2)47-19-11-9-17-43(47)44-28-24-36(32-48(44)53)34-21-25-39(26-22-34)55(40-27-23-38-31-37-15-7-8-16-41(37)46(38)33-40)50-30-29-42(35-13-5-4-6-14-35)52-51(50)45-18-10-12-20-49(45)54(52)3/h4-8,10-16,18-30,32-33H,9,17,31H2,1-3H3. The van der Waals surface area contributed by atoms with Crippen LogP contribution in [0.15, 0.2) is 169 Å². The van der Waals surface area contributed by atoms with Crippen molar-refractivity contribution in [3.8, 4) is 33.4 Å². The van der Waals surface area contributed by atoms with Gasteiger partial charge in [-0.05, 0) is 123 Å². The van der Waals surface area contributed by atoms with Crippen LogP contribution in [-0.2, 0) is 18.9 Å². The Labute approximate surface area is 323 Å². The van der Waals surface area contributed by atoms with Crippen LogP contribution in [0.5, 0.6) is 0 Å². The first kappa shape index (κ1) is 32.1. The second-order valence-corrected chi connectivity index (χ2v) is 16.1. The van der Waals surface area contributed by atoms with Crippen LogP contribution in [0.25, 0.3) is 60.8 Å². The van der Waals surface area contributed by atoms with Gasteiger partial charge in [-0.15, -0.1) is 0 Å². The zero-order valence-electron chi connectivity index (χ0n) is 31.6. The molecule has 0 bridgehead atoms. The lowest BCUT2D eigenvalue weighted by molar-refractivity contribution is 0.651. The van der Waals surface area contributed by atoms with E-state index in [1.54, 1.807) is 0 Å². The maximum atomic E-state index is 2.49. The molecule has 1 aromatic heterocycles. The summed E-state index contributed by atoms with van der Waals surface area (Å²) in [5, 5.41) is 2.52. The van der Waals surface area contributed by atoms with Crippen LogP contribution in [0, 0.1) is 0 Å². The third kappa shape index (κ3) is 4.80. The summed E-state index contributed by atoms with van der Waals surface area (Å²) in [6.07, 6.45) is 7.96. The van der Waals surface area contributed by atoms with Gasteiger partial charge < -0.3 is 9.47 Å². The Bertz CT molecular complexity index is 2920. The third-order valence-corrected chi connectivity index (χ3v) is 12.7. The van der Waals surface area contributed by atoms with E-state index in [-0.39, 0.29) is 5.41 Å². The van der Waals surface area contributed by atoms with Gasteiger partial charge in [0.15, 0.2) is 0 Å². The smallest absolute Gasteiger partial charge is 0.0589 e. The molecule has 0 radical (unpaired) electrons. The predicted molar refractivity (Wildman–Crippen MR) is 233 cm³/mol. The number of hydrogen-bond donors (Lipinski definition) is 0. The number of rotatable bonds is 5. The van der Waals surface area contributed by atoms with Gasteiger partial charge in [-0.3, -0.25) is 0 Å². The minimum absolute atomic E-state index is 0.0102. The first-order chi connectivity index (χ1) is 27.0. The van der Waals surface area contributed by atoms with E-state index in [0.717, 1.165) is 30.6 Å². The van der Waals surface area contributed by atoms with E-state index in [2.05, 4.69) is 194 Å². The highest BCUT2D eigenvalue weighted by Crippen LogP contribution is 2.52. The molecule has 0 saturated heterocycles. The van der Waals surface area contributed by atoms with Crippen LogP contribution < -0.4 is 4.90 Å². The second-order valence-electron chi connectivity index (χ2n) is 16.1. The summed E-state index contributed by atoms with van der Waals surface area (Å²) in [7, 11) is 2.21. The maximum Gasteiger partial charge on any atom is 0.0589 e. The van der Waals surface area contributed by atoms with Crippen molar-refractivity contribution in [3.63, 3.8) is 0 Å². The van der Waals surface area contributed by atoms with Crippen LogP contribution in [-0.4, -0.2) is 4.57 Å². The van der Waals surface area contributed by atoms with Crippen LogP contribution in [0.2, 0.25) is 0 Å². The quantitative estimate of drug-likeness (QED) is 0.173. The molecule has 7 aromatic carbocycles. The van der Waals surface area contributed by atoms with Gasteiger partial charge in [0, 0.05) is 45.7 Å². The molecule has 55 heavy (non-hydrogen) atoms. The van der Waals surface area contributed by atoms with Crippen molar-refractivity contribution in [2.75, 3.05) is 4.90 Å². The van der Waals surface area contributed by atoms with E-state index in [1.807, 2.05) is 0 Å². The number of aromatic nitrogens is 1. The molecule has 0 fully saturated rings. The second kappa shape index (κ2) is 12.1. The average molecular weight is 707 g/mol. The molecule has 0 unspecified atom stereocenters. The molecule has 0 aliphatic heterocycles. The van der Waals surface area contributed by atoms with Crippen LogP contribution in [0.4, 0.5) is 17.1 Å². The number of allylic oxidation sites excluding steroid dienone is 4. The average Bonchev–Trinajstić information content (AvgIpc) is 3.84. The molecular weight excluding hydrogens is 665 g/mol. The SMILES string of the molecule is Cn1c2ccccc2c2c(N(c3ccc(-c4ccc5c(c4)C(C)(C)C4=C5CCC=C4)cc3)c3ccc4c(c3)-c3ccccc3C4)ccc(-c3ccccc3)c21. The van der Waals surface area contributed by atoms with Crippen molar-refractivity contribution >= 4 is 44.4 Å². The molecule has 0 spiro atoms. The van der Waals surface area contributed by atoms with E-state index in [9.17, 15) is 0 Å². The number of hydrogen-bond acceptors (Lipinski definition) is 1. The fraction of sp³-hybridized carbons (Fsp3) is 0.132. The molecule has 264 valence electrons. The van der Waals surface area contributed by atoms with E-state index < -0.39 is 0 Å². The van der Waals surface area contributed by atoms with Gasteiger partial charge in [-0.1, -0.05) is 135 Å². The summed E-state index contributed by atoms with van der Waals surface area (Å²) in [5.74, 6) is 0. The minimum atomic E-state index is 0.0102. The molecule has 1 heterocycles. The van der Waals surface area contributed by atoms with E-state index in [0.29, 0.717) is 0 Å². The number of para-hydroxylation sites is 1. The van der Waals surface area contributed by atoms with Crippen LogP contribution in [0.3, 0.4) is 0 Å². The topological polar surface area (TPSA) is 8.17 Å². The van der Waals surface area contributed by atoms with Crippen molar-refractivity contribution in [2.24, 2.45) is 7.05 Å². The summed E-state index contributed by atoms with van der Waals surface area (Å²) in [4.78, 5) is 2.49. The molecule has 0 atom stereocenters. The zero-order chi connectivity index (χ0) is 36.8. The van der Waals surface area contributed by atoms with E-state index >= 15 is 0 Å². The predicted octanol–water partition coefficient (Wildman–Crippen LogP) is 14.1. The highest BCUT2D eigenvalue weighted by Gasteiger charge is 2.37. The Kier molecular flexibility index (Phi) is 7.04. The lowest BCUT2D eigenvalue weighted by Gasteiger charge is -2.28. The highest BCUT2D eigenvalue weighted by molar-refractivity contribution is 6.19. The normalized spacial score (nSPS) is 15.0. The summed E-state index contributed by atoms with van der Waals surface area (Å²) in [6.45, 7) is 4.78. The van der Waals surface area contributed by atoms with E-state index in [4.69, 9.17) is 0 Å². The Morgan fingerprint density at radius 2 is 1.31 bits per heavy atom. The first-order valence-corrected chi connectivity index (χ1v) is 19.7. The molecule has 3 aliphatic rings. The van der Waals surface area contributed by atoms with Crippen LogP contribution in [0.1, 0.15) is 48.9 Å². The Morgan fingerprint density at radius 3 is 2.18 bits per heavy atom. The summed E-state index contributed by atoms with van der Waals surface area (Å²) >= 11 is 0. The Hall–Kier alpha value is -6.38. The van der Waals surface area contributed by atoms with Gasteiger partial charge in [-0.2, -0.15) is 0 Å². The van der Waals surface area contributed by atoms with Gasteiger partial charge in [0.05, 0.1) is 11.2 Å². The van der Waals surface area contributed by atoms with Crippen molar-refractivity contribution in [2.45, 2.75) is 38.5 Å². The summed E-state index contributed by atoms with van der Waals surface area (Å²) in [6, 6.07) is 56.8. The fourth-order valence-electron chi connectivity index (χ4n) is 9.99. The Balaban J connectivity index is 1.10. The molecule has 3 aliphatic carbocycles. The summed E-state index contributed by atoms with van der Waals surface area (Å²) < 4.78 is 2.38. The zero-order valence-corrected chi connectivity index (χ0v) is 31.6. The Morgan fingerprint density at radius 1 is 0.582 bits per heavy atom.